The lowest BCUT2D eigenvalue weighted by Gasteiger charge is -2.14. The quantitative estimate of drug-likeness (QED) is 0.616. The van der Waals surface area contributed by atoms with Crippen LogP contribution >= 0.6 is 11.3 Å². The van der Waals surface area contributed by atoms with Gasteiger partial charge in [-0.2, -0.15) is 0 Å². The topological polar surface area (TPSA) is 55.2 Å². The Balaban J connectivity index is 2.16. The van der Waals surface area contributed by atoms with Gasteiger partial charge in [-0.05, 0) is 30.7 Å². The summed E-state index contributed by atoms with van der Waals surface area (Å²) in [5.41, 5.74) is 0.825. The van der Waals surface area contributed by atoms with E-state index in [4.69, 9.17) is 0 Å². The van der Waals surface area contributed by atoms with Gasteiger partial charge in [-0.3, -0.25) is 10.1 Å². The van der Waals surface area contributed by atoms with Gasteiger partial charge in [0.05, 0.1) is 4.92 Å². The first kappa shape index (κ1) is 9.45. The smallest absolute Gasteiger partial charge is 0.347 e. The van der Waals surface area contributed by atoms with E-state index < -0.39 is 0 Å². The van der Waals surface area contributed by atoms with Crippen molar-refractivity contribution in [2.45, 2.75) is 31.7 Å². The molecule has 0 amide bonds. The van der Waals surface area contributed by atoms with Crippen LogP contribution in [0.4, 0.5) is 10.7 Å². The number of rotatable bonds is 4. The third kappa shape index (κ3) is 1.59. The summed E-state index contributed by atoms with van der Waals surface area (Å²) in [6.45, 7) is 2.11. The van der Waals surface area contributed by atoms with Crippen LogP contribution in [0.25, 0.3) is 0 Å². The molecule has 1 aliphatic carbocycles. The molecule has 2 rings (SSSR count). The van der Waals surface area contributed by atoms with Crippen LogP contribution in [0.5, 0.6) is 0 Å². The minimum absolute atomic E-state index is 0.145. The van der Waals surface area contributed by atoms with Gasteiger partial charge in [0.25, 0.3) is 0 Å². The summed E-state index contributed by atoms with van der Waals surface area (Å²) in [5.74, 6) is 0. The first-order valence-corrected chi connectivity index (χ1v) is 5.55. The first-order valence-electron chi connectivity index (χ1n) is 4.67. The van der Waals surface area contributed by atoms with Gasteiger partial charge in [0, 0.05) is 5.54 Å². The van der Waals surface area contributed by atoms with Crippen LogP contribution in [-0.4, -0.2) is 10.5 Å². The zero-order valence-corrected chi connectivity index (χ0v) is 8.76. The van der Waals surface area contributed by atoms with Crippen LogP contribution in [0.1, 0.15) is 26.2 Å². The zero-order valence-electron chi connectivity index (χ0n) is 7.95. The van der Waals surface area contributed by atoms with Crippen molar-refractivity contribution < 1.29 is 4.92 Å². The average Bonchev–Trinajstić information content (AvgIpc) is 2.76. The maximum absolute atomic E-state index is 10.7. The number of nitrogens with one attached hydrogen (secondary N) is 1. The Labute approximate surface area is 86.1 Å². The van der Waals surface area contributed by atoms with Crippen molar-refractivity contribution >= 4 is 22.0 Å². The highest BCUT2D eigenvalue weighted by atomic mass is 32.1. The summed E-state index contributed by atoms with van der Waals surface area (Å²) in [4.78, 5) is 10.3. The molecule has 4 nitrogen and oxygen atoms in total. The molecule has 76 valence electrons. The van der Waals surface area contributed by atoms with Gasteiger partial charge in [-0.25, -0.2) is 0 Å². The zero-order chi connectivity index (χ0) is 10.2. The minimum Gasteiger partial charge on any atom is -0.373 e. The maximum atomic E-state index is 10.7. The molecule has 1 saturated carbocycles. The summed E-state index contributed by atoms with van der Waals surface area (Å²) < 4.78 is 0. The highest BCUT2D eigenvalue weighted by Gasteiger charge is 2.41. The van der Waals surface area contributed by atoms with Gasteiger partial charge >= 0.3 is 5.00 Å². The summed E-state index contributed by atoms with van der Waals surface area (Å²) >= 11 is 1.18. The van der Waals surface area contributed by atoms with Crippen LogP contribution in [0.2, 0.25) is 0 Å². The standard InChI is InChI=1S/C9H12N2O2S/c1-2-9(4-5-9)10-7-3-6-14-8(7)11(12)13/h3,6,10H,2,4-5H2,1H3. The van der Waals surface area contributed by atoms with Gasteiger partial charge in [-0.15, -0.1) is 0 Å². The third-order valence-corrected chi connectivity index (χ3v) is 3.61. The summed E-state index contributed by atoms with van der Waals surface area (Å²) in [6, 6.07) is 1.79. The average molecular weight is 212 g/mol. The second-order valence-corrected chi connectivity index (χ2v) is 4.55. The molecular formula is C9H12N2O2S. The molecular weight excluding hydrogens is 200 g/mol. The molecule has 1 heterocycles. The van der Waals surface area contributed by atoms with E-state index in [9.17, 15) is 10.1 Å². The number of hydrogen-bond acceptors (Lipinski definition) is 4. The molecule has 1 N–H and O–H groups in total. The highest BCUT2D eigenvalue weighted by molar-refractivity contribution is 7.14. The molecule has 0 atom stereocenters. The Kier molecular flexibility index (Phi) is 2.19. The van der Waals surface area contributed by atoms with Crippen LogP contribution in [0, 0.1) is 10.1 Å². The van der Waals surface area contributed by atoms with Gasteiger partial charge in [-0.1, -0.05) is 18.3 Å². The highest BCUT2D eigenvalue weighted by Crippen LogP contribution is 2.44. The van der Waals surface area contributed by atoms with Gasteiger partial charge < -0.3 is 5.32 Å². The molecule has 1 aromatic rings. The molecule has 0 unspecified atom stereocenters. The van der Waals surface area contributed by atoms with Crippen molar-refractivity contribution in [3.63, 3.8) is 0 Å². The van der Waals surface area contributed by atoms with Crippen LogP contribution in [-0.2, 0) is 0 Å². The van der Waals surface area contributed by atoms with Crippen LogP contribution in [0.15, 0.2) is 11.4 Å². The van der Waals surface area contributed by atoms with Crippen molar-refractivity contribution in [1.82, 2.24) is 0 Å². The van der Waals surface area contributed by atoms with Crippen molar-refractivity contribution in [3.05, 3.63) is 21.6 Å². The minimum atomic E-state index is -0.321. The third-order valence-electron chi connectivity index (χ3n) is 2.74. The lowest BCUT2D eigenvalue weighted by Crippen LogP contribution is -2.19. The van der Waals surface area contributed by atoms with E-state index >= 15 is 0 Å². The van der Waals surface area contributed by atoms with Crippen molar-refractivity contribution in [1.29, 1.82) is 0 Å². The Bertz CT molecular complexity index is 357. The van der Waals surface area contributed by atoms with Crippen molar-refractivity contribution in [3.8, 4) is 0 Å². The van der Waals surface area contributed by atoms with E-state index in [0.717, 1.165) is 19.3 Å². The number of nitro groups is 1. The predicted molar refractivity (Wildman–Crippen MR) is 56.9 cm³/mol. The number of thiophene rings is 1. The monoisotopic (exact) mass is 212 g/mol. The molecule has 0 saturated heterocycles. The second kappa shape index (κ2) is 3.24. The Morgan fingerprint density at radius 2 is 2.43 bits per heavy atom. The SMILES string of the molecule is CCC1(Nc2ccsc2[N+](=O)[O-])CC1. The van der Waals surface area contributed by atoms with Crippen LogP contribution < -0.4 is 5.32 Å². The van der Waals surface area contributed by atoms with Gasteiger partial charge in [0.1, 0.15) is 5.69 Å². The molecule has 0 aliphatic heterocycles. The molecule has 1 aromatic heterocycles. The van der Waals surface area contributed by atoms with E-state index in [2.05, 4.69) is 12.2 Å². The summed E-state index contributed by atoms with van der Waals surface area (Å²) in [7, 11) is 0. The van der Waals surface area contributed by atoms with E-state index in [1.165, 1.54) is 11.3 Å². The number of anilines is 1. The number of hydrogen-bond donors (Lipinski definition) is 1. The fourth-order valence-corrected chi connectivity index (χ4v) is 2.21. The molecule has 0 aromatic carbocycles. The predicted octanol–water partition coefficient (Wildman–Crippen LogP) is 3.01. The van der Waals surface area contributed by atoms with E-state index in [1.54, 1.807) is 11.4 Å². The first-order chi connectivity index (χ1) is 6.67. The Morgan fingerprint density at radius 1 is 1.71 bits per heavy atom. The summed E-state index contributed by atoms with van der Waals surface area (Å²) in [6.07, 6.45) is 3.27. The molecule has 5 heteroatoms. The van der Waals surface area contributed by atoms with Crippen molar-refractivity contribution in [2.24, 2.45) is 0 Å². The van der Waals surface area contributed by atoms with E-state index in [-0.39, 0.29) is 15.5 Å². The molecule has 0 spiro atoms. The Hall–Kier alpha value is -1.10. The number of nitrogens with zero attached hydrogens (tertiary/aromatic N) is 1. The lowest BCUT2D eigenvalue weighted by atomic mass is 10.2. The molecule has 1 aliphatic rings. The van der Waals surface area contributed by atoms with Gasteiger partial charge in [0.2, 0.25) is 0 Å². The van der Waals surface area contributed by atoms with Gasteiger partial charge in [0.15, 0.2) is 0 Å². The largest absolute Gasteiger partial charge is 0.373 e. The fourth-order valence-electron chi connectivity index (χ4n) is 1.54. The Morgan fingerprint density at radius 3 is 2.93 bits per heavy atom. The fraction of sp³-hybridized carbons (Fsp3) is 0.556. The molecule has 0 radical (unpaired) electrons. The molecule has 1 fully saturated rings. The lowest BCUT2D eigenvalue weighted by molar-refractivity contribution is -0.379. The normalized spacial score (nSPS) is 17.8. The van der Waals surface area contributed by atoms with Crippen LogP contribution in [0.3, 0.4) is 0 Å². The van der Waals surface area contributed by atoms with E-state index in [0.29, 0.717) is 5.69 Å². The summed E-state index contributed by atoms with van der Waals surface area (Å²) in [5, 5.41) is 15.9. The molecule has 0 bridgehead atoms. The van der Waals surface area contributed by atoms with Crippen molar-refractivity contribution in [2.75, 3.05) is 5.32 Å². The van der Waals surface area contributed by atoms with E-state index in [1.807, 2.05) is 0 Å². The molecule has 14 heavy (non-hydrogen) atoms. The maximum Gasteiger partial charge on any atom is 0.347 e. The second-order valence-electron chi connectivity index (χ2n) is 3.66.